The quantitative estimate of drug-likeness (QED) is 0.860. The second-order valence-corrected chi connectivity index (χ2v) is 5.22. The molecule has 1 aliphatic rings. The number of aliphatic hydroxyl groups is 1. The average molecular weight is 273 g/mol. The molecule has 2 rings (SSSR count). The maximum Gasteiger partial charge on any atom is 0.217 e. The molecular weight excluding hydrogens is 254 g/mol. The lowest BCUT2D eigenvalue weighted by Gasteiger charge is -2.33. The zero-order chi connectivity index (χ0) is 14.5. The van der Waals surface area contributed by atoms with Crippen molar-refractivity contribution < 1.29 is 9.90 Å². The van der Waals surface area contributed by atoms with E-state index < -0.39 is 0 Å². The molecule has 1 saturated heterocycles. The normalized spacial score (nSPS) is 15.9. The van der Waals surface area contributed by atoms with Gasteiger partial charge in [-0.05, 0) is 36.5 Å². The summed E-state index contributed by atoms with van der Waals surface area (Å²) in [6, 6.07) is 7.64. The fourth-order valence-corrected chi connectivity index (χ4v) is 2.71. The Hall–Kier alpha value is -2.06. The minimum atomic E-state index is -0.242. The van der Waals surface area contributed by atoms with Crippen molar-refractivity contribution in [3.63, 3.8) is 0 Å². The molecule has 1 aromatic carbocycles. The van der Waals surface area contributed by atoms with Crippen LogP contribution in [0, 0.1) is 17.2 Å². The second-order valence-electron chi connectivity index (χ2n) is 5.22. The van der Waals surface area contributed by atoms with Crippen molar-refractivity contribution in [3.8, 4) is 6.07 Å². The topological polar surface area (TPSA) is 90.3 Å². The number of primary amides is 1. The number of hydrogen-bond donors (Lipinski definition) is 2. The van der Waals surface area contributed by atoms with Gasteiger partial charge in [0.15, 0.2) is 0 Å². The highest BCUT2D eigenvalue weighted by Crippen LogP contribution is 2.28. The first-order valence-corrected chi connectivity index (χ1v) is 6.81. The Balaban J connectivity index is 2.07. The monoisotopic (exact) mass is 273 g/mol. The van der Waals surface area contributed by atoms with E-state index in [2.05, 4.69) is 11.0 Å². The van der Waals surface area contributed by atoms with E-state index in [4.69, 9.17) is 10.8 Å². The number of carbonyl (C=O) groups excluding carboxylic acids is 1. The van der Waals surface area contributed by atoms with Crippen LogP contribution < -0.4 is 10.6 Å². The number of amides is 1. The molecule has 0 radical (unpaired) electrons. The second kappa shape index (κ2) is 6.40. The first kappa shape index (κ1) is 14.4. The summed E-state index contributed by atoms with van der Waals surface area (Å²) in [7, 11) is 0. The third kappa shape index (κ3) is 3.28. The van der Waals surface area contributed by atoms with E-state index in [1.807, 2.05) is 12.1 Å². The number of rotatable bonds is 4. The smallest absolute Gasteiger partial charge is 0.217 e. The van der Waals surface area contributed by atoms with Crippen molar-refractivity contribution in [2.24, 2.45) is 11.7 Å². The maximum atomic E-state index is 10.9. The lowest BCUT2D eigenvalue weighted by atomic mass is 9.92. The molecule has 1 aliphatic heterocycles. The minimum absolute atomic E-state index is 0.0599. The number of aliphatic hydroxyl groups excluding tert-OH is 1. The summed E-state index contributed by atoms with van der Waals surface area (Å²) in [4.78, 5) is 13.1. The van der Waals surface area contributed by atoms with Gasteiger partial charge in [-0.15, -0.1) is 0 Å². The van der Waals surface area contributed by atoms with Gasteiger partial charge in [0.25, 0.3) is 0 Å². The van der Waals surface area contributed by atoms with E-state index in [-0.39, 0.29) is 12.5 Å². The van der Waals surface area contributed by atoms with E-state index in [0.29, 0.717) is 17.9 Å². The van der Waals surface area contributed by atoms with Gasteiger partial charge in [-0.3, -0.25) is 4.79 Å². The average Bonchev–Trinajstić information content (AvgIpc) is 2.47. The van der Waals surface area contributed by atoms with Gasteiger partial charge in [-0.1, -0.05) is 6.07 Å². The number of hydrogen-bond acceptors (Lipinski definition) is 4. The van der Waals surface area contributed by atoms with Crippen LogP contribution in [0.4, 0.5) is 5.69 Å². The summed E-state index contributed by atoms with van der Waals surface area (Å²) < 4.78 is 0. The predicted octanol–water partition coefficient (Wildman–Crippen LogP) is 1.14. The molecule has 5 nitrogen and oxygen atoms in total. The van der Waals surface area contributed by atoms with Gasteiger partial charge in [0.1, 0.15) is 6.07 Å². The van der Waals surface area contributed by atoms with Crippen molar-refractivity contribution in [3.05, 3.63) is 29.3 Å². The summed E-state index contributed by atoms with van der Waals surface area (Å²) in [5.74, 6) is 0.111. The van der Waals surface area contributed by atoms with Gasteiger partial charge in [0.2, 0.25) is 5.91 Å². The van der Waals surface area contributed by atoms with Gasteiger partial charge < -0.3 is 15.7 Å². The predicted molar refractivity (Wildman–Crippen MR) is 75.8 cm³/mol. The third-order valence-corrected chi connectivity index (χ3v) is 3.81. The number of carbonyl (C=O) groups is 1. The highest BCUT2D eigenvalue weighted by Gasteiger charge is 2.22. The molecule has 0 aromatic heterocycles. The van der Waals surface area contributed by atoms with E-state index in [0.717, 1.165) is 37.2 Å². The van der Waals surface area contributed by atoms with Gasteiger partial charge >= 0.3 is 0 Å². The van der Waals surface area contributed by atoms with Crippen LogP contribution in [0.2, 0.25) is 0 Å². The highest BCUT2D eigenvalue weighted by atomic mass is 16.3. The molecule has 0 bridgehead atoms. The van der Waals surface area contributed by atoms with Crippen LogP contribution in [-0.2, 0) is 11.4 Å². The largest absolute Gasteiger partial charge is 0.392 e. The Morgan fingerprint density at radius 1 is 1.45 bits per heavy atom. The van der Waals surface area contributed by atoms with Crippen LogP contribution in [0.1, 0.15) is 30.4 Å². The SMILES string of the molecule is N#Cc1cc(CO)ccc1N1CCC(CC(N)=O)CC1. The lowest BCUT2D eigenvalue weighted by Crippen LogP contribution is -2.35. The number of nitriles is 1. The standard InChI is InChI=1S/C15H19N3O2/c16-9-13-7-12(10-19)1-2-14(13)18-5-3-11(4-6-18)8-15(17)20/h1-2,7,11,19H,3-6,8,10H2,(H2,17,20). The summed E-state index contributed by atoms with van der Waals surface area (Å²) in [6.45, 7) is 1.59. The van der Waals surface area contributed by atoms with Crippen LogP contribution in [0.3, 0.4) is 0 Å². The van der Waals surface area contributed by atoms with E-state index >= 15 is 0 Å². The first-order valence-electron chi connectivity index (χ1n) is 6.81. The van der Waals surface area contributed by atoms with E-state index in [1.54, 1.807) is 6.07 Å². The number of piperidine rings is 1. The highest BCUT2D eigenvalue weighted by molar-refractivity contribution is 5.74. The van der Waals surface area contributed by atoms with Crippen LogP contribution >= 0.6 is 0 Å². The lowest BCUT2D eigenvalue weighted by molar-refractivity contribution is -0.119. The molecule has 1 heterocycles. The number of nitrogens with two attached hydrogens (primary N) is 1. The zero-order valence-corrected chi connectivity index (χ0v) is 11.4. The molecule has 1 aromatic rings. The summed E-state index contributed by atoms with van der Waals surface area (Å²) >= 11 is 0. The van der Waals surface area contributed by atoms with Crippen molar-refractivity contribution in [2.45, 2.75) is 25.9 Å². The Kier molecular flexibility index (Phi) is 4.59. The fourth-order valence-electron chi connectivity index (χ4n) is 2.71. The van der Waals surface area contributed by atoms with Crippen molar-refractivity contribution in [2.75, 3.05) is 18.0 Å². The molecule has 5 heteroatoms. The van der Waals surface area contributed by atoms with Crippen molar-refractivity contribution in [1.29, 1.82) is 5.26 Å². The van der Waals surface area contributed by atoms with Gasteiger partial charge in [0.05, 0.1) is 17.9 Å². The van der Waals surface area contributed by atoms with E-state index in [1.165, 1.54) is 0 Å². The Morgan fingerprint density at radius 2 is 2.15 bits per heavy atom. The van der Waals surface area contributed by atoms with Gasteiger partial charge in [-0.2, -0.15) is 5.26 Å². The van der Waals surface area contributed by atoms with Crippen LogP contribution in [0.15, 0.2) is 18.2 Å². The van der Waals surface area contributed by atoms with E-state index in [9.17, 15) is 10.1 Å². The summed E-state index contributed by atoms with van der Waals surface area (Å²) in [5.41, 5.74) is 7.46. The molecule has 0 aliphatic carbocycles. The molecule has 0 unspecified atom stereocenters. The Bertz CT molecular complexity index is 528. The zero-order valence-electron chi connectivity index (χ0n) is 11.4. The van der Waals surface area contributed by atoms with Gasteiger partial charge in [-0.25, -0.2) is 0 Å². The van der Waals surface area contributed by atoms with Gasteiger partial charge in [0, 0.05) is 19.5 Å². The van der Waals surface area contributed by atoms with Crippen LogP contribution in [-0.4, -0.2) is 24.1 Å². The van der Waals surface area contributed by atoms with Crippen molar-refractivity contribution >= 4 is 11.6 Å². The number of anilines is 1. The maximum absolute atomic E-state index is 10.9. The molecule has 0 spiro atoms. The molecule has 1 amide bonds. The molecule has 1 fully saturated rings. The van der Waals surface area contributed by atoms with Crippen LogP contribution in [0.5, 0.6) is 0 Å². The first-order chi connectivity index (χ1) is 9.63. The number of nitrogens with zero attached hydrogens (tertiary/aromatic N) is 2. The summed E-state index contributed by atoms with van der Waals surface area (Å²) in [5, 5.41) is 18.3. The summed E-state index contributed by atoms with van der Waals surface area (Å²) in [6.07, 6.45) is 2.27. The Morgan fingerprint density at radius 3 is 2.70 bits per heavy atom. The number of benzene rings is 1. The molecular formula is C15H19N3O2. The van der Waals surface area contributed by atoms with Crippen molar-refractivity contribution in [1.82, 2.24) is 0 Å². The molecule has 3 N–H and O–H groups in total. The molecule has 20 heavy (non-hydrogen) atoms. The molecule has 0 saturated carbocycles. The fraction of sp³-hybridized carbons (Fsp3) is 0.467. The third-order valence-electron chi connectivity index (χ3n) is 3.81. The Labute approximate surface area is 118 Å². The molecule has 106 valence electrons. The van der Waals surface area contributed by atoms with Crippen LogP contribution in [0.25, 0.3) is 0 Å². The molecule has 0 atom stereocenters. The minimum Gasteiger partial charge on any atom is -0.392 e.